The van der Waals surface area contributed by atoms with Gasteiger partial charge in [0.15, 0.2) is 0 Å². The molecule has 21 heavy (non-hydrogen) atoms. The van der Waals surface area contributed by atoms with Crippen molar-refractivity contribution in [1.29, 1.82) is 0 Å². The molecule has 0 bridgehead atoms. The van der Waals surface area contributed by atoms with Crippen LogP contribution in [0.15, 0.2) is 27.5 Å². The number of alkyl halides is 1. The summed E-state index contributed by atoms with van der Waals surface area (Å²) in [6.07, 6.45) is 1.48. The van der Waals surface area contributed by atoms with Crippen molar-refractivity contribution in [3.63, 3.8) is 0 Å². The number of nitrogens with zero attached hydrogens (tertiary/aromatic N) is 3. The smallest absolute Gasteiger partial charge is 0.139 e. The zero-order chi connectivity index (χ0) is 14.8. The Hall–Kier alpha value is -0.980. The maximum atomic E-state index is 13.7. The molecule has 0 spiro atoms. The van der Waals surface area contributed by atoms with Gasteiger partial charge in [0.1, 0.15) is 11.6 Å². The summed E-state index contributed by atoms with van der Waals surface area (Å²) in [7, 11) is 0. The second kappa shape index (κ2) is 6.42. The lowest BCUT2D eigenvalue weighted by Gasteiger charge is -2.07. The van der Waals surface area contributed by atoms with E-state index >= 15 is 0 Å². The maximum Gasteiger partial charge on any atom is 0.139 e. The standard InChI is InChI=1S/C14H12BrClFN3S/c15-10-5-13-12(6-11(10)17)19-14(1-3-16)20(13)4-2-9-7-21-8-18-9/h5-8H,1-4H2. The highest BCUT2D eigenvalue weighted by atomic mass is 79.9. The maximum absolute atomic E-state index is 13.7. The lowest BCUT2D eigenvalue weighted by Crippen LogP contribution is -2.07. The van der Waals surface area contributed by atoms with E-state index in [4.69, 9.17) is 11.6 Å². The average molecular weight is 389 g/mol. The molecule has 0 N–H and O–H groups in total. The number of imidazole rings is 1. The molecule has 0 aliphatic heterocycles. The molecule has 1 aromatic carbocycles. The minimum atomic E-state index is -0.302. The molecule has 0 unspecified atom stereocenters. The van der Waals surface area contributed by atoms with Crippen molar-refractivity contribution >= 4 is 49.9 Å². The van der Waals surface area contributed by atoms with Crippen molar-refractivity contribution in [3.05, 3.63) is 44.8 Å². The Morgan fingerprint density at radius 2 is 2.19 bits per heavy atom. The van der Waals surface area contributed by atoms with Crippen molar-refractivity contribution in [2.24, 2.45) is 0 Å². The fraction of sp³-hybridized carbons (Fsp3) is 0.286. The van der Waals surface area contributed by atoms with E-state index in [1.807, 2.05) is 10.9 Å². The van der Waals surface area contributed by atoms with E-state index in [1.54, 1.807) is 17.4 Å². The van der Waals surface area contributed by atoms with Crippen LogP contribution in [0.2, 0.25) is 0 Å². The van der Waals surface area contributed by atoms with Crippen molar-refractivity contribution in [3.8, 4) is 0 Å². The predicted molar refractivity (Wildman–Crippen MR) is 87.6 cm³/mol. The lowest BCUT2D eigenvalue weighted by molar-refractivity contribution is 0.622. The third-order valence-electron chi connectivity index (χ3n) is 3.26. The van der Waals surface area contributed by atoms with Crippen LogP contribution in [0.1, 0.15) is 11.5 Å². The Bertz CT molecular complexity index is 757. The predicted octanol–water partition coefficient (Wildman–Crippen LogP) is 4.42. The topological polar surface area (TPSA) is 30.7 Å². The summed E-state index contributed by atoms with van der Waals surface area (Å²) in [6.45, 7) is 0.754. The van der Waals surface area contributed by atoms with Crippen LogP contribution < -0.4 is 0 Å². The minimum Gasteiger partial charge on any atom is -0.328 e. The number of rotatable bonds is 5. The lowest BCUT2D eigenvalue weighted by atomic mass is 10.3. The van der Waals surface area contributed by atoms with Gasteiger partial charge < -0.3 is 4.57 Å². The van der Waals surface area contributed by atoms with E-state index in [2.05, 4.69) is 30.5 Å². The molecule has 3 aromatic rings. The Morgan fingerprint density at radius 3 is 2.90 bits per heavy atom. The molecule has 0 amide bonds. The molecular formula is C14H12BrClFN3S. The van der Waals surface area contributed by atoms with Crippen LogP contribution in [0.4, 0.5) is 4.39 Å². The summed E-state index contributed by atoms with van der Waals surface area (Å²) in [5, 5.41) is 2.04. The number of hydrogen-bond donors (Lipinski definition) is 0. The molecular weight excluding hydrogens is 377 g/mol. The molecule has 0 aliphatic rings. The first-order valence-electron chi connectivity index (χ1n) is 6.46. The molecule has 7 heteroatoms. The molecule has 0 fully saturated rings. The number of thiazole rings is 1. The number of benzene rings is 1. The van der Waals surface area contributed by atoms with Crippen LogP contribution >= 0.6 is 38.9 Å². The molecule has 0 aliphatic carbocycles. The van der Waals surface area contributed by atoms with Crippen LogP contribution in [-0.4, -0.2) is 20.4 Å². The van der Waals surface area contributed by atoms with Gasteiger partial charge in [-0.15, -0.1) is 22.9 Å². The molecule has 0 atom stereocenters. The highest BCUT2D eigenvalue weighted by molar-refractivity contribution is 9.10. The van der Waals surface area contributed by atoms with Gasteiger partial charge >= 0.3 is 0 Å². The van der Waals surface area contributed by atoms with Crippen molar-refractivity contribution in [1.82, 2.24) is 14.5 Å². The van der Waals surface area contributed by atoms with Gasteiger partial charge in [-0.2, -0.15) is 0 Å². The van der Waals surface area contributed by atoms with Crippen molar-refractivity contribution in [2.75, 3.05) is 5.88 Å². The highest BCUT2D eigenvalue weighted by Crippen LogP contribution is 2.25. The van der Waals surface area contributed by atoms with Crippen LogP contribution in [0.3, 0.4) is 0 Å². The summed E-state index contributed by atoms with van der Waals surface area (Å²) < 4.78 is 16.2. The second-order valence-electron chi connectivity index (χ2n) is 4.60. The summed E-state index contributed by atoms with van der Waals surface area (Å²) in [5.74, 6) is 1.07. The van der Waals surface area contributed by atoms with Crippen molar-refractivity contribution in [2.45, 2.75) is 19.4 Å². The molecule has 3 nitrogen and oxygen atoms in total. The molecule has 0 saturated carbocycles. The third-order valence-corrected chi connectivity index (χ3v) is 4.69. The first-order chi connectivity index (χ1) is 10.2. The Balaban J connectivity index is 2.00. The number of halogens is 3. The van der Waals surface area contributed by atoms with Crippen molar-refractivity contribution < 1.29 is 4.39 Å². The number of hydrogen-bond acceptors (Lipinski definition) is 3. The largest absolute Gasteiger partial charge is 0.328 e. The zero-order valence-corrected chi connectivity index (χ0v) is 14.2. The quantitative estimate of drug-likeness (QED) is 0.606. The SMILES string of the molecule is Fc1cc2nc(CCCl)n(CCc3cscn3)c2cc1Br. The highest BCUT2D eigenvalue weighted by Gasteiger charge is 2.13. The van der Waals surface area contributed by atoms with E-state index in [0.717, 1.165) is 30.0 Å². The zero-order valence-electron chi connectivity index (χ0n) is 11.0. The Labute approximate surface area is 138 Å². The first kappa shape index (κ1) is 14.9. The van der Waals surface area contributed by atoms with Gasteiger partial charge in [-0.1, -0.05) is 0 Å². The van der Waals surface area contributed by atoms with Crippen LogP contribution in [0.5, 0.6) is 0 Å². The normalized spacial score (nSPS) is 11.4. The van der Waals surface area contributed by atoms with Gasteiger partial charge in [-0.3, -0.25) is 0 Å². The van der Waals surface area contributed by atoms with Crippen LogP contribution in [0, 0.1) is 5.82 Å². The van der Waals surface area contributed by atoms with Crippen LogP contribution in [0.25, 0.3) is 11.0 Å². The van der Waals surface area contributed by atoms with Gasteiger partial charge in [-0.05, 0) is 22.0 Å². The second-order valence-corrected chi connectivity index (χ2v) is 6.55. The fourth-order valence-electron chi connectivity index (χ4n) is 2.28. The molecule has 110 valence electrons. The van der Waals surface area contributed by atoms with Gasteiger partial charge in [0.2, 0.25) is 0 Å². The van der Waals surface area contributed by atoms with Gasteiger partial charge in [0, 0.05) is 36.7 Å². The summed E-state index contributed by atoms with van der Waals surface area (Å²) >= 11 is 10.7. The average Bonchev–Trinajstić information content (AvgIpc) is 3.06. The number of aryl methyl sites for hydroxylation is 3. The molecule has 0 saturated heterocycles. The molecule has 2 aromatic heterocycles. The van der Waals surface area contributed by atoms with E-state index < -0.39 is 0 Å². The Morgan fingerprint density at radius 1 is 1.33 bits per heavy atom. The van der Waals surface area contributed by atoms with Gasteiger partial charge in [0.05, 0.1) is 26.7 Å². The minimum absolute atomic E-state index is 0.302. The molecule has 0 radical (unpaired) electrons. The van der Waals surface area contributed by atoms with Crippen LogP contribution in [-0.2, 0) is 19.4 Å². The van der Waals surface area contributed by atoms with E-state index in [-0.39, 0.29) is 5.82 Å². The number of fused-ring (bicyclic) bond motifs is 1. The summed E-state index contributed by atoms with van der Waals surface area (Å²) in [5.41, 5.74) is 4.46. The molecule has 3 rings (SSSR count). The van der Waals surface area contributed by atoms with E-state index in [1.165, 1.54) is 6.07 Å². The van der Waals surface area contributed by atoms with E-state index in [9.17, 15) is 4.39 Å². The first-order valence-corrected chi connectivity index (χ1v) is 8.73. The monoisotopic (exact) mass is 387 g/mol. The third kappa shape index (κ3) is 3.12. The summed E-state index contributed by atoms with van der Waals surface area (Å²) in [4.78, 5) is 8.80. The molecule has 2 heterocycles. The summed E-state index contributed by atoms with van der Waals surface area (Å²) in [6, 6.07) is 3.23. The Kier molecular flexibility index (Phi) is 4.57. The van der Waals surface area contributed by atoms with Gasteiger partial charge in [0.25, 0.3) is 0 Å². The number of aromatic nitrogens is 3. The fourth-order valence-corrected chi connectivity index (χ4v) is 3.38. The van der Waals surface area contributed by atoms with E-state index in [0.29, 0.717) is 22.3 Å². The van der Waals surface area contributed by atoms with Gasteiger partial charge in [-0.25, -0.2) is 14.4 Å².